The van der Waals surface area contributed by atoms with Gasteiger partial charge in [-0.25, -0.2) is 4.79 Å². The maximum Gasteiger partial charge on any atom is 0.490 e. The maximum atomic E-state index is 11.7. The summed E-state index contributed by atoms with van der Waals surface area (Å²) in [6, 6.07) is -2.02. The lowest BCUT2D eigenvalue weighted by Crippen LogP contribution is -2.49. The van der Waals surface area contributed by atoms with Gasteiger partial charge in [-0.05, 0) is 12.7 Å². The van der Waals surface area contributed by atoms with Crippen molar-refractivity contribution >= 4 is 41.5 Å². The summed E-state index contributed by atoms with van der Waals surface area (Å²) in [5.41, 5.74) is 5.27. The topological polar surface area (TPSA) is 196 Å². The molecule has 0 spiro atoms. The van der Waals surface area contributed by atoms with Crippen molar-refractivity contribution in [3.05, 3.63) is 0 Å². The number of alkyl halides is 3. The smallest absolute Gasteiger partial charge is 0.480 e. The molecule has 0 aliphatic carbocycles. The monoisotopic (exact) mass is 435 g/mol. The van der Waals surface area contributed by atoms with E-state index in [9.17, 15) is 32.3 Å². The Morgan fingerprint density at radius 3 is 1.96 bits per heavy atom. The summed E-state index contributed by atoms with van der Waals surface area (Å²) in [6.07, 6.45) is -3.54. The van der Waals surface area contributed by atoms with Gasteiger partial charge in [-0.15, -0.1) is 0 Å². The number of hydrogen-bond acceptors (Lipinski definition) is 7. The molecule has 0 unspecified atom stereocenters. The Hall–Kier alpha value is -2.55. The van der Waals surface area contributed by atoms with Crippen LogP contribution >= 0.6 is 11.8 Å². The van der Waals surface area contributed by atoms with Crippen molar-refractivity contribution in [2.45, 2.75) is 31.1 Å². The lowest BCUT2D eigenvalue weighted by molar-refractivity contribution is -0.192. The van der Waals surface area contributed by atoms with Crippen molar-refractivity contribution in [2.75, 3.05) is 18.6 Å². The number of hydrogen-bond donors (Lipinski definition) is 6. The lowest BCUT2D eigenvalue weighted by atomic mass is 10.1. The van der Waals surface area contributed by atoms with E-state index < -0.39 is 54.5 Å². The molecule has 0 aliphatic rings. The number of rotatable bonds is 10. The number of carboxylic acid groups (broad SMARTS) is 3. The highest BCUT2D eigenvalue weighted by atomic mass is 32.2. The molecular weight excluding hydrogens is 415 g/mol. The summed E-state index contributed by atoms with van der Waals surface area (Å²) < 4.78 is 31.7. The van der Waals surface area contributed by atoms with Gasteiger partial charge in [0.15, 0.2) is 0 Å². The quantitative estimate of drug-likeness (QED) is 0.244. The number of halogens is 3. The van der Waals surface area contributed by atoms with Gasteiger partial charge in [0.25, 0.3) is 0 Å². The molecule has 0 aromatic rings. The van der Waals surface area contributed by atoms with E-state index in [2.05, 4.69) is 10.6 Å². The molecule has 0 aromatic heterocycles. The Kier molecular flexibility index (Phi) is 13.4. The van der Waals surface area contributed by atoms with Crippen LogP contribution in [0, 0.1) is 0 Å². The molecule has 0 aliphatic heterocycles. The zero-order valence-corrected chi connectivity index (χ0v) is 15.3. The molecule has 28 heavy (non-hydrogen) atoms. The van der Waals surface area contributed by atoms with E-state index in [0.29, 0.717) is 0 Å². The fourth-order valence-electron chi connectivity index (χ4n) is 1.31. The minimum absolute atomic E-state index is 0.0517. The number of nitrogens with one attached hydrogen (secondary N) is 2. The summed E-state index contributed by atoms with van der Waals surface area (Å²) in [6.45, 7) is -0.538. The summed E-state index contributed by atoms with van der Waals surface area (Å²) in [5.74, 6) is -6.01. The Balaban J connectivity index is 0. The summed E-state index contributed by atoms with van der Waals surface area (Å²) in [5, 5.41) is 28.8. The summed E-state index contributed by atoms with van der Waals surface area (Å²) >= 11 is 1.30. The third-order valence-corrected chi connectivity index (χ3v) is 3.31. The van der Waals surface area contributed by atoms with Gasteiger partial charge < -0.3 is 31.7 Å². The van der Waals surface area contributed by atoms with Gasteiger partial charge in [0.05, 0.1) is 0 Å². The van der Waals surface area contributed by atoms with Gasteiger partial charge >= 0.3 is 24.1 Å². The van der Waals surface area contributed by atoms with E-state index >= 15 is 0 Å². The van der Waals surface area contributed by atoms with Crippen molar-refractivity contribution in [3.8, 4) is 0 Å². The maximum absolute atomic E-state index is 11.7. The van der Waals surface area contributed by atoms with E-state index in [1.165, 1.54) is 11.8 Å². The number of amides is 2. The molecule has 0 fully saturated rings. The van der Waals surface area contributed by atoms with Crippen LogP contribution in [0.25, 0.3) is 0 Å². The molecule has 15 heteroatoms. The van der Waals surface area contributed by atoms with Crippen molar-refractivity contribution in [1.82, 2.24) is 10.6 Å². The number of carboxylic acids is 3. The molecule has 0 saturated carbocycles. The fourth-order valence-corrected chi connectivity index (χ4v) is 1.88. The highest BCUT2D eigenvalue weighted by molar-refractivity contribution is 7.98. The van der Waals surface area contributed by atoms with Crippen LogP contribution in [0.15, 0.2) is 0 Å². The third-order valence-electron chi connectivity index (χ3n) is 2.64. The molecule has 0 radical (unpaired) electrons. The van der Waals surface area contributed by atoms with Gasteiger partial charge in [-0.3, -0.25) is 19.2 Å². The highest BCUT2D eigenvalue weighted by Crippen LogP contribution is 2.13. The molecule has 0 saturated heterocycles. The molecule has 2 amide bonds. The van der Waals surface area contributed by atoms with Crippen LogP contribution in [-0.4, -0.2) is 81.9 Å². The van der Waals surface area contributed by atoms with Crippen molar-refractivity contribution in [2.24, 2.45) is 5.73 Å². The van der Waals surface area contributed by atoms with E-state index in [4.69, 9.17) is 25.8 Å². The normalized spacial score (nSPS) is 12.6. The van der Waals surface area contributed by atoms with Crippen LogP contribution in [-0.2, 0) is 24.0 Å². The molecule has 0 aromatic carbocycles. The Labute approximate surface area is 160 Å². The average Bonchev–Trinajstić information content (AvgIpc) is 2.56. The SMILES string of the molecule is CSC[C@H](NC(=O)CC[C@H](N)C(=O)O)C(=O)NCC(=O)O.O=C(O)C(F)(F)F. The number of carbonyl (C=O) groups is 5. The van der Waals surface area contributed by atoms with Crippen LogP contribution in [0.2, 0.25) is 0 Å². The van der Waals surface area contributed by atoms with Crippen LogP contribution in [0.1, 0.15) is 12.8 Å². The third kappa shape index (κ3) is 14.6. The molecule has 11 nitrogen and oxygen atoms in total. The summed E-state index contributed by atoms with van der Waals surface area (Å²) in [4.78, 5) is 53.1. The predicted molar refractivity (Wildman–Crippen MR) is 89.5 cm³/mol. The molecule has 162 valence electrons. The molecule has 0 heterocycles. The zero-order chi connectivity index (χ0) is 22.5. The van der Waals surface area contributed by atoms with E-state index in [1.54, 1.807) is 6.26 Å². The summed E-state index contributed by atoms with van der Waals surface area (Å²) in [7, 11) is 0. The van der Waals surface area contributed by atoms with Gasteiger partial charge in [0.1, 0.15) is 18.6 Å². The van der Waals surface area contributed by atoms with Crippen LogP contribution in [0.5, 0.6) is 0 Å². The number of aliphatic carboxylic acids is 3. The highest BCUT2D eigenvalue weighted by Gasteiger charge is 2.38. The molecule has 2 atom stereocenters. The van der Waals surface area contributed by atoms with Crippen molar-refractivity contribution < 1.29 is 52.5 Å². The minimum Gasteiger partial charge on any atom is -0.480 e. The first-order valence-corrected chi connectivity index (χ1v) is 8.68. The first kappa shape index (κ1) is 27.7. The standard InChI is InChI=1S/C11H19N3O6S.C2HF3O2/c1-21-5-7(10(18)13-4-9(16)17)14-8(15)3-2-6(12)11(19)20;3-2(4,5)1(6)7/h6-7H,2-5,12H2,1H3,(H,13,18)(H,14,15)(H,16,17)(H,19,20);(H,6,7)/t6-,7-;/m0./s1. The van der Waals surface area contributed by atoms with E-state index in [-0.39, 0.29) is 18.6 Å². The second-order valence-electron chi connectivity index (χ2n) is 4.97. The van der Waals surface area contributed by atoms with E-state index in [0.717, 1.165) is 0 Å². The van der Waals surface area contributed by atoms with Gasteiger partial charge in [-0.2, -0.15) is 24.9 Å². The average molecular weight is 435 g/mol. The largest absolute Gasteiger partial charge is 0.490 e. The second kappa shape index (κ2) is 13.6. The Bertz CT molecular complexity index is 574. The fraction of sp³-hybridized carbons (Fsp3) is 0.615. The Morgan fingerprint density at radius 2 is 1.61 bits per heavy atom. The first-order valence-electron chi connectivity index (χ1n) is 7.28. The van der Waals surface area contributed by atoms with Crippen LogP contribution < -0.4 is 16.4 Å². The predicted octanol–water partition coefficient (Wildman–Crippen LogP) is -1.14. The van der Waals surface area contributed by atoms with Gasteiger partial charge in [0.2, 0.25) is 11.8 Å². The van der Waals surface area contributed by atoms with Crippen molar-refractivity contribution in [3.63, 3.8) is 0 Å². The van der Waals surface area contributed by atoms with Gasteiger partial charge in [-0.1, -0.05) is 0 Å². The molecular formula is C13H20F3N3O8S. The zero-order valence-electron chi connectivity index (χ0n) is 14.5. The van der Waals surface area contributed by atoms with Crippen LogP contribution in [0.3, 0.4) is 0 Å². The molecule has 0 rings (SSSR count). The minimum atomic E-state index is -5.08. The number of nitrogens with two attached hydrogens (primary N) is 1. The van der Waals surface area contributed by atoms with Crippen LogP contribution in [0.4, 0.5) is 13.2 Å². The second-order valence-corrected chi connectivity index (χ2v) is 5.88. The number of carbonyl (C=O) groups excluding carboxylic acids is 2. The molecule has 0 bridgehead atoms. The molecule has 7 N–H and O–H groups in total. The Morgan fingerprint density at radius 1 is 1.11 bits per heavy atom. The van der Waals surface area contributed by atoms with Gasteiger partial charge in [0, 0.05) is 12.2 Å². The van der Waals surface area contributed by atoms with E-state index in [1.807, 2.05) is 0 Å². The lowest BCUT2D eigenvalue weighted by Gasteiger charge is -2.17. The van der Waals surface area contributed by atoms with Crippen molar-refractivity contribution in [1.29, 1.82) is 0 Å². The number of thioether (sulfide) groups is 1. The first-order chi connectivity index (χ1) is 12.7.